The molecule has 0 amide bonds. The van der Waals surface area contributed by atoms with Crippen LogP contribution >= 0.6 is 0 Å². The highest BCUT2D eigenvalue weighted by atomic mass is 16.3. The Labute approximate surface area is 513 Å². The number of benzene rings is 14. The Bertz CT molecular complexity index is 6360. The van der Waals surface area contributed by atoms with Gasteiger partial charge < -0.3 is 26.8 Å². The maximum absolute atomic E-state index is 7.15. The van der Waals surface area contributed by atoms with E-state index < -0.39 is 0 Å². The van der Waals surface area contributed by atoms with Crippen molar-refractivity contribution < 1.29 is 17.7 Å². The molecule has 0 unspecified atom stereocenters. The second-order valence-electron chi connectivity index (χ2n) is 23.9. The Kier molecular flexibility index (Phi) is 10.2. The molecule has 0 N–H and O–H groups in total. The number of rotatable bonds is 7. The molecule has 0 bridgehead atoms. The van der Waals surface area contributed by atoms with E-state index in [1.165, 1.54) is 5.39 Å². The third kappa shape index (κ3) is 7.33. The van der Waals surface area contributed by atoms with Gasteiger partial charge in [-0.2, -0.15) is 0 Å². The number of aromatic nitrogens is 2. The predicted octanol–water partition coefficient (Wildman–Crippen LogP) is 23.8. The van der Waals surface area contributed by atoms with Crippen molar-refractivity contribution >= 4 is 131 Å². The molecule has 0 atom stereocenters. The third-order valence-corrected chi connectivity index (χ3v) is 19.0. The number of furan rings is 4. The molecule has 0 aliphatic rings. The van der Waals surface area contributed by atoms with Gasteiger partial charge in [0.25, 0.3) is 0 Å². The highest BCUT2D eigenvalue weighted by molar-refractivity contribution is 6.22. The van der Waals surface area contributed by atoms with Gasteiger partial charge in [0.05, 0.1) is 22.1 Å². The number of hydrogen-bond donors (Lipinski definition) is 0. The first kappa shape index (κ1) is 49.0. The molecule has 14 aromatic carbocycles. The molecule has 0 spiro atoms. The Morgan fingerprint density at radius 2 is 0.533 bits per heavy atom. The van der Waals surface area contributed by atoms with E-state index in [9.17, 15) is 0 Å². The molecule has 0 saturated carbocycles. The molecule has 0 aliphatic heterocycles. The Morgan fingerprint density at radius 1 is 0.178 bits per heavy atom. The first-order chi connectivity index (χ1) is 44.5. The van der Waals surface area contributed by atoms with Crippen LogP contribution in [0, 0.1) is 0 Å². The zero-order valence-electron chi connectivity index (χ0n) is 48.2. The lowest BCUT2D eigenvalue weighted by atomic mass is 9.99. The van der Waals surface area contributed by atoms with Crippen molar-refractivity contribution in [3.63, 3.8) is 0 Å². The summed E-state index contributed by atoms with van der Waals surface area (Å²) in [5.41, 5.74) is 25.1. The molecule has 6 heterocycles. The van der Waals surface area contributed by atoms with E-state index in [1.54, 1.807) is 0 Å². The van der Waals surface area contributed by atoms with E-state index in [-0.39, 0.29) is 0 Å². The zero-order chi connectivity index (χ0) is 58.7. The summed E-state index contributed by atoms with van der Waals surface area (Å²) < 4.78 is 30.7. The molecule has 20 aromatic rings. The molecule has 0 aliphatic carbocycles. The summed E-state index contributed by atoms with van der Waals surface area (Å²) in [7, 11) is 0. The van der Waals surface area contributed by atoms with Gasteiger partial charge in [-0.25, -0.2) is 0 Å². The number of nitrogens with zero attached hydrogens (tertiary/aromatic N) is 2. The van der Waals surface area contributed by atoms with Crippen molar-refractivity contribution in [2.24, 2.45) is 0 Å². The molecule has 0 fully saturated rings. The third-order valence-electron chi connectivity index (χ3n) is 19.0. The van der Waals surface area contributed by atoms with Crippen molar-refractivity contribution in [2.75, 3.05) is 0 Å². The van der Waals surface area contributed by atoms with E-state index in [2.05, 4.69) is 270 Å². The summed E-state index contributed by atoms with van der Waals surface area (Å²) in [5.74, 6) is 0. The van der Waals surface area contributed by atoms with Crippen LogP contribution in [0.4, 0.5) is 0 Å². The van der Waals surface area contributed by atoms with E-state index >= 15 is 0 Å². The minimum Gasteiger partial charge on any atom is -0.456 e. The monoisotopic (exact) mass is 1150 g/mol. The molecular weight excluding hydrogens is 1100 g/mol. The second kappa shape index (κ2) is 18.7. The Balaban J connectivity index is 0.652. The van der Waals surface area contributed by atoms with Gasteiger partial charge in [-0.1, -0.05) is 176 Å². The van der Waals surface area contributed by atoms with Crippen LogP contribution in [-0.2, 0) is 0 Å². The lowest BCUT2D eigenvalue weighted by Gasteiger charge is -2.10. The maximum Gasteiger partial charge on any atom is 0.160 e. The molecule has 418 valence electrons. The Hall–Kier alpha value is -12.1. The van der Waals surface area contributed by atoms with Crippen LogP contribution in [0.1, 0.15) is 0 Å². The second-order valence-corrected chi connectivity index (χ2v) is 23.9. The average molecular weight is 1150 g/mol. The lowest BCUT2D eigenvalue weighted by Crippen LogP contribution is -1.94. The van der Waals surface area contributed by atoms with Crippen LogP contribution in [0.3, 0.4) is 0 Å². The van der Waals surface area contributed by atoms with Crippen molar-refractivity contribution in [3.8, 4) is 67.0 Å². The SMILES string of the molecule is c1ccc2c(c1)oc1ccc(-c3ccc(-c4ccc(-n5c6ccc(-c7ccc8c(c7)oc7c8ccc8c9ccccc9n(-c9ccc(-c%10ccc(-c%11ccc%12oc%13ccccc%13c%12c%11)cc%10)cc9)c87)cc6c6cc7c(cc65)oc5ccccc57)cc4)cc3)cc12. The van der Waals surface area contributed by atoms with Gasteiger partial charge >= 0.3 is 0 Å². The van der Waals surface area contributed by atoms with Crippen LogP contribution in [0.5, 0.6) is 0 Å². The fourth-order valence-corrected chi connectivity index (χ4v) is 14.6. The summed E-state index contributed by atoms with van der Waals surface area (Å²) in [6, 6.07) is 105. The van der Waals surface area contributed by atoms with Crippen LogP contribution in [0.2, 0.25) is 0 Å². The molecule has 20 rings (SSSR count). The van der Waals surface area contributed by atoms with Crippen molar-refractivity contribution in [2.45, 2.75) is 0 Å². The highest BCUT2D eigenvalue weighted by Gasteiger charge is 2.22. The fourth-order valence-electron chi connectivity index (χ4n) is 14.6. The van der Waals surface area contributed by atoms with E-state index in [1.807, 2.05) is 30.3 Å². The average Bonchev–Trinajstić information content (AvgIpc) is 1.59. The topological polar surface area (TPSA) is 62.4 Å². The van der Waals surface area contributed by atoms with Crippen LogP contribution < -0.4 is 0 Å². The first-order valence-electron chi connectivity index (χ1n) is 30.6. The smallest absolute Gasteiger partial charge is 0.160 e. The van der Waals surface area contributed by atoms with Gasteiger partial charge in [0, 0.05) is 82.1 Å². The quantitative estimate of drug-likeness (QED) is 0.160. The van der Waals surface area contributed by atoms with Gasteiger partial charge in [0.1, 0.15) is 39.1 Å². The van der Waals surface area contributed by atoms with Crippen molar-refractivity contribution in [3.05, 3.63) is 291 Å². The number of para-hydroxylation sites is 4. The Morgan fingerprint density at radius 3 is 1.12 bits per heavy atom. The minimum absolute atomic E-state index is 0.844. The fraction of sp³-hybridized carbons (Fsp3) is 0. The number of hydrogen-bond acceptors (Lipinski definition) is 4. The standard InChI is InChI=1S/C84H48N2O4/c1-5-13-73-61(9-1)66-38-39-67-65-37-29-58(46-81(65)90-84(67)83(66)86(73)60-35-27-52(28-36-60)50-19-23-54(24-20-50)56-32-42-80-71(45-56)63-11-3-7-15-77(63)88-80)57-30-40-74-68(43-57)69-47-72-64-12-4-8-16-78(64)89-82(72)48-75(69)85(74)59-33-25-51(26-34-59)49-17-21-53(22-18-49)55-31-41-79-70(44-55)62-10-2-6-14-76(62)87-79/h1-48H. The van der Waals surface area contributed by atoms with Crippen molar-refractivity contribution in [1.29, 1.82) is 0 Å². The number of fused-ring (bicyclic) bond motifs is 19. The van der Waals surface area contributed by atoms with Crippen LogP contribution in [-0.4, -0.2) is 9.13 Å². The van der Waals surface area contributed by atoms with Gasteiger partial charge in [-0.15, -0.1) is 0 Å². The van der Waals surface area contributed by atoms with E-state index in [0.717, 1.165) is 193 Å². The summed E-state index contributed by atoms with van der Waals surface area (Å²) in [6.07, 6.45) is 0. The summed E-state index contributed by atoms with van der Waals surface area (Å²) in [5, 5.41) is 13.6. The summed E-state index contributed by atoms with van der Waals surface area (Å²) >= 11 is 0. The summed E-state index contributed by atoms with van der Waals surface area (Å²) in [4.78, 5) is 0. The summed E-state index contributed by atoms with van der Waals surface area (Å²) in [6.45, 7) is 0. The minimum atomic E-state index is 0.844. The normalized spacial score (nSPS) is 12.2. The molecule has 0 saturated heterocycles. The maximum atomic E-state index is 7.15. The largest absolute Gasteiger partial charge is 0.456 e. The van der Waals surface area contributed by atoms with Crippen molar-refractivity contribution in [1.82, 2.24) is 9.13 Å². The molecular formula is C84H48N2O4. The molecule has 0 radical (unpaired) electrons. The predicted molar refractivity (Wildman–Crippen MR) is 371 cm³/mol. The van der Waals surface area contributed by atoms with Crippen LogP contribution in [0.15, 0.2) is 309 Å². The van der Waals surface area contributed by atoms with Gasteiger partial charge in [-0.05, 0) is 165 Å². The van der Waals surface area contributed by atoms with Gasteiger partial charge in [0.15, 0.2) is 5.58 Å². The highest BCUT2D eigenvalue weighted by Crippen LogP contribution is 2.45. The van der Waals surface area contributed by atoms with E-state index in [4.69, 9.17) is 17.7 Å². The lowest BCUT2D eigenvalue weighted by molar-refractivity contribution is 0.668. The van der Waals surface area contributed by atoms with Gasteiger partial charge in [0.2, 0.25) is 0 Å². The zero-order valence-corrected chi connectivity index (χ0v) is 48.2. The van der Waals surface area contributed by atoms with Gasteiger partial charge in [-0.3, -0.25) is 0 Å². The molecule has 6 aromatic heterocycles. The molecule has 6 heteroatoms. The molecule has 90 heavy (non-hydrogen) atoms. The molecule has 6 nitrogen and oxygen atoms in total. The van der Waals surface area contributed by atoms with E-state index in [0.29, 0.717) is 0 Å². The van der Waals surface area contributed by atoms with Crippen LogP contribution in [0.25, 0.3) is 198 Å². The first-order valence-corrected chi connectivity index (χ1v) is 30.6.